The fourth-order valence-corrected chi connectivity index (χ4v) is 2.16. The Bertz CT molecular complexity index is 267. The molecule has 2 rings (SSSR count). The van der Waals surface area contributed by atoms with E-state index in [0.29, 0.717) is 17.7 Å². The Morgan fingerprint density at radius 1 is 1.29 bits per heavy atom. The molecule has 0 aliphatic carbocycles. The number of rotatable bonds is 1. The molecule has 0 aromatic carbocycles. The van der Waals surface area contributed by atoms with Gasteiger partial charge in [0.1, 0.15) is 5.84 Å². The number of nitrogens with two attached hydrogens (primary N) is 1. The van der Waals surface area contributed by atoms with Crippen LogP contribution in [0, 0.1) is 11.8 Å². The highest BCUT2D eigenvalue weighted by Gasteiger charge is 2.26. The summed E-state index contributed by atoms with van der Waals surface area (Å²) in [5, 5.41) is 8.22. The first-order valence-corrected chi connectivity index (χ1v) is 5.25. The normalized spacial score (nSPS) is 29.6. The minimum Gasteiger partial charge on any atom is -0.386 e. The highest BCUT2D eigenvalue weighted by molar-refractivity contribution is 5.96. The van der Waals surface area contributed by atoms with Crippen LogP contribution in [0.25, 0.3) is 0 Å². The first-order chi connectivity index (χ1) is 6.77. The van der Waals surface area contributed by atoms with Crippen molar-refractivity contribution in [1.29, 1.82) is 0 Å². The molecule has 1 atom stereocenters. The average Bonchev–Trinajstić information content (AvgIpc) is 2.19. The minimum atomic E-state index is 0.454. The first-order valence-electron chi connectivity index (χ1n) is 5.25. The summed E-state index contributed by atoms with van der Waals surface area (Å²) in [6.07, 6.45) is 3.02. The van der Waals surface area contributed by atoms with Crippen LogP contribution in [-0.4, -0.2) is 24.8 Å². The fraction of sp³-hybridized carbons (Fsp3) is 0.800. The Balaban J connectivity index is 2.08. The fourth-order valence-electron chi connectivity index (χ4n) is 2.16. The van der Waals surface area contributed by atoms with E-state index in [-0.39, 0.29) is 0 Å². The Labute approximate surface area is 84.2 Å². The standard InChI is InChI=1S/C10H17N3O/c1-7-6-9(11)12-13-10(7)8-2-4-14-5-3-8/h7-8H,2-6H2,1H3,(H2,11,12). The SMILES string of the molecule is CC1CC(N)=NN=C1C1CCOCC1. The molecule has 2 aliphatic heterocycles. The van der Waals surface area contributed by atoms with Crippen LogP contribution in [0.5, 0.6) is 0 Å². The van der Waals surface area contributed by atoms with E-state index in [1.165, 1.54) is 5.71 Å². The Morgan fingerprint density at radius 3 is 2.64 bits per heavy atom. The Morgan fingerprint density at radius 2 is 2.00 bits per heavy atom. The third kappa shape index (κ3) is 1.95. The molecular formula is C10H17N3O. The third-order valence-corrected chi connectivity index (χ3v) is 2.95. The van der Waals surface area contributed by atoms with Gasteiger partial charge in [0.2, 0.25) is 0 Å². The van der Waals surface area contributed by atoms with Gasteiger partial charge in [0.15, 0.2) is 0 Å². The molecule has 4 heteroatoms. The van der Waals surface area contributed by atoms with Crippen molar-refractivity contribution >= 4 is 11.5 Å². The van der Waals surface area contributed by atoms with Crippen LogP contribution >= 0.6 is 0 Å². The molecular weight excluding hydrogens is 178 g/mol. The van der Waals surface area contributed by atoms with Gasteiger partial charge >= 0.3 is 0 Å². The van der Waals surface area contributed by atoms with Crippen molar-refractivity contribution in [3.05, 3.63) is 0 Å². The van der Waals surface area contributed by atoms with Crippen LogP contribution in [0.15, 0.2) is 10.2 Å². The van der Waals surface area contributed by atoms with Gasteiger partial charge in [0, 0.05) is 37.2 Å². The lowest BCUT2D eigenvalue weighted by molar-refractivity contribution is 0.0817. The van der Waals surface area contributed by atoms with Crippen LogP contribution in [0.4, 0.5) is 0 Å². The lowest BCUT2D eigenvalue weighted by Crippen LogP contribution is -2.32. The number of hydrogen-bond acceptors (Lipinski definition) is 4. The van der Waals surface area contributed by atoms with Crippen molar-refractivity contribution in [2.24, 2.45) is 27.8 Å². The molecule has 0 amide bonds. The summed E-state index contributed by atoms with van der Waals surface area (Å²) < 4.78 is 5.33. The second-order valence-electron chi connectivity index (χ2n) is 4.11. The largest absolute Gasteiger partial charge is 0.386 e. The first kappa shape index (κ1) is 9.65. The molecule has 1 unspecified atom stereocenters. The summed E-state index contributed by atoms with van der Waals surface area (Å²) in [7, 11) is 0. The van der Waals surface area contributed by atoms with E-state index >= 15 is 0 Å². The summed E-state index contributed by atoms with van der Waals surface area (Å²) in [6, 6.07) is 0. The van der Waals surface area contributed by atoms with Crippen molar-refractivity contribution in [2.75, 3.05) is 13.2 Å². The monoisotopic (exact) mass is 195 g/mol. The molecule has 78 valence electrons. The van der Waals surface area contributed by atoms with E-state index in [1.54, 1.807) is 0 Å². The Hall–Kier alpha value is -0.900. The van der Waals surface area contributed by atoms with Gasteiger partial charge in [-0.25, -0.2) is 0 Å². The lowest BCUT2D eigenvalue weighted by Gasteiger charge is -2.27. The number of nitrogens with zero attached hydrogens (tertiary/aromatic N) is 2. The van der Waals surface area contributed by atoms with Crippen molar-refractivity contribution in [1.82, 2.24) is 0 Å². The quantitative estimate of drug-likeness (QED) is 0.682. The van der Waals surface area contributed by atoms with E-state index in [1.807, 2.05) is 0 Å². The summed E-state index contributed by atoms with van der Waals surface area (Å²) in [4.78, 5) is 0. The maximum Gasteiger partial charge on any atom is 0.123 e. The van der Waals surface area contributed by atoms with Crippen LogP contribution in [0.2, 0.25) is 0 Å². The predicted molar refractivity (Wildman–Crippen MR) is 56.4 cm³/mol. The van der Waals surface area contributed by atoms with Crippen LogP contribution in [-0.2, 0) is 4.74 Å². The maximum atomic E-state index is 5.64. The summed E-state index contributed by atoms with van der Waals surface area (Å²) in [5.74, 6) is 1.68. The topological polar surface area (TPSA) is 60.0 Å². The molecule has 4 nitrogen and oxygen atoms in total. The number of hydrogen-bond donors (Lipinski definition) is 1. The average molecular weight is 195 g/mol. The maximum absolute atomic E-state index is 5.64. The van der Waals surface area contributed by atoms with Gasteiger partial charge in [0.25, 0.3) is 0 Å². The summed E-state index contributed by atoms with van der Waals surface area (Å²) in [5.41, 5.74) is 6.86. The number of amidine groups is 1. The van der Waals surface area contributed by atoms with Gasteiger partial charge in [0.05, 0.1) is 0 Å². The second kappa shape index (κ2) is 4.09. The molecule has 0 spiro atoms. The zero-order chi connectivity index (χ0) is 9.97. The van der Waals surface area contributed by atoms with Crippen LogP contribution < -0.4 is 5.73 Å². The molecule has 2 heterocycles. The van der Waals surface area contributed by atoms with E-state index in [0.717, 1.165) is 32.5 Å². The van der Waals surface area contributed by atoms with E-state index in [9.17, 15) is 0 Å². The minimum absolute atomic E-state index is 0.454. The molecule has 0 aromatic heterocycles. The summed E-state index contributed by atoms with van der Waals surface area (Å²) >= 11 is 0. The highest BCUT2D eigenvalue weighted by atomic mass is 16.5. The van der Waals surface area contributed by atoms with Crippen LogP contribution in [0.1, 0.15) is 26.2 Å². The van der Waals surface area contributed by atoms with Crippen molar-refractivity contribution in [3.8, 4) is 0 Å². The van der Waals surface area contributed by atoms with E-state index in [2.05, 4.69) is 17.1 Å². The lowest BCUT2D eigenvalue weighted by atomic mass is 9.85. The van der Waals surface area contributed by atoms with Gasteiger partial charge in [-0.1, -0.05) is 6.92 Å². The van der Waals surface area contributed by atoms with Crippen LogP contribution in [0.3, 0.4) is 0 Å². The molecule has 14 heavy (non-hydrogen) atoms. The van der Waals surface area contributed by atoms with E-state index in [4.69, 9.17) is 10.5 Å². The second-order valence-corrected chi connectivity index (χ2v) is 4.11. The van der Waals surface area contributed by atoms with Gasteiger partial charge in [-0.3, -0.25) is 0 Å². The summed E-state index contributed by atoms with van der Waals surface area (Å²) in [6.45, 7) is 3.89. The molecule has 0 bridgehead atoms. The zero-order valence-corrected chi connectivity index (χ0v) is 8.57. The zero-order valence-electron chi connectivity index (χ0n) is 8.57. The van der Waals surface area contributed by atoms with E-state index < -0.39 is 0 Å². The van der Waals surface area contributed by atoms with Crippen molar-refractivity contribution in [2.45, 2.75) is 26.2 Å². The van der Waals surface area contributed by atoms with Crippen molar-refractivity contribution < 1.29 is 4.74 Å². The molecule has 0 radical (unpaired) electrons. The molecule has 1 fully saturated rings. The van der Waals surface area contributed by atoms with Crippen molar-refractivity contribution in [3.63, 3.8) is 0 Å². The predicted octanol–water partition coefficient (Wildman–Crippen LogP) is 1.17. The molecule has 2 N–H and O–H groups in total. The molecule has 1 saturated heterocycles. The molecule has 0 saturated carbocycles. The molecule has 0 aromatic rings. The van der Waals surface area contributed by atoms with Gasteiger partial charge in [-0.05, 0) is 12.8 Å². The molecule has 2 aliphatic rings. The highest BCUT2D eigenvalue weighted by Crippen LogP contribution is 2.24. The smallest absolute Gasteiger partial charge is 0.123 e. The van der Waals surface area contributed by atoms with Gasteiger partial charge in [-0.2, -0.15) is 5.10 Å². The third-order valence-electron chi connectivity index (χ3n) is 2.95. The van der Waals surface area contributed by atoms with Gasteiger partial charge in [-0.15, -0.1) is 5.10 Å². The Kier molecular flexibility index (Phi) is 2.82. The number of ether oxygens (including phenoxy) is 1. The van der Waals surface area contributed by atoms with Gasteiger partial charge < -0.3 is 10.5 Å².